The van der Waals surface area contributed by atoms with Crippen molar-refractivity contribution in [1.29, 1.82) is 0 Å². The molecule has 4 heteroatoms. The number of pyridine rings is 1. The van der Waals surface area contributed by atoms with Gasteiger partial charge in [-0.05, 0) is 43.2 Å². The number of halogens is 1. The van der Waals surface area contributed by atoms with E-state index in [1.54, 1.807) is 11.0 Å². The maximum Gasteiger partial charge on any atom is 0.233 e. The number of aryl methyl sites for hydroxylation is 2. The SMILES string of the molecule is Cc1cc(C)cc(-c2cnc3c(c2)N(Cc2cccc(F)c2)C(=O)C3)c1. The molecule has 0 aliphatic carbocycles. The zero-order valence-corrected chi connectivity index (χ0v) is 14.8. The van der Waals surface area contributed by atoms with E-state index in [-0.39, 0.29) is 18.1 Å². The monoisotopic (exact) mass is 346 g/mol. The maximum absolute atomic E-state index is 13.5. The molecule has 0 unspecified atom stereocenters. The smallest absolute Gasteiger partial charge is 0.233 e. The molecule has 1 amide bonds. The highest BCUT2D eigenvalue weighted by molar-refractivity contribution is 6.01. The van der Waals surface area contributed by atoms with Crippen LogP contribution in [0.15, 0.2) is 54.7 Å². The van der Waals surface area contributed by atoms with Crippen LogP contribution in [0, 0.1) is 19.7 Å². The maximum atomic E-state index is 13.5. The van der Waals surface area contributed by atoms with Crippen molar-refractivity contribution in [3.05, 3.63) is 82.9 Å². The van der Waals surface area contributed by atoms with Gasteiger partial charge in [-0.25, -0.2) is 4.39 Å². The Kier molecular flexibility index (Phi) is 4.03. The first-order valence-electron chi connectivity index (χ1n) is 8.62. The van der Waals surface area contributed by atoms with Gasteiger partial charge in [0, 0.05) is 11.8 Å². The number of amides is 1. The third-order valence-electron chi connectivity index (χ3n) is 4.64. The second-order valence-corrected chi connectivity index (χ2v) is 6.85. The number of anilines is 1. The number of rotatable bonds is 3. The third kappa shape index (κ3) is 3.10. The molecule has 1 aromatic heterocycles. The fraction of sp³-hybridized carbons (Fsp3) is 0.182. The highest BCUT2D eigenvalue weighted by Gasteiger charge is 2.29. The molecule has 0 spiro atoms. The minimum atomic E-state index is -0.295. The highest BCUT2D eigenvalue weighted by atomic mass is 19.1. The zero-order chi connectivity index (χ0) is 18.3. The second kappa shape index (κ2) is 6.37. The third-order valence-corrected chi connectivity index (χ3v) is 4.64. The molecular formula is C22H19FN2O. The summed E-state index contributed by atoms with van der Waals surface area (Å²) in [5.74, 6) is -0.300. The quantitative estimate of drug-likeness (QED) is 0.695. The lowest BCUT2D eigenvalue weighted by atomic mass is 10.0. The zero-order valence-electron chi connectivity index (χ0n) is 14.8. The van der Waals surface area contributed by atoms with E-state index in [0.29, 0.717) is 6.54 Å². The van der Waals surface area contributed by atoms with E-state index >= 15 is 0 Å². The molecule has 130 valence electrons. The minimum absolute atomic E-state index is 0.00525. The van der Waals surface area contributed by atoms with Crippen molar-refractivity contribution in [2.24, 2.45) is 0 Å². The second-order valence-electron chi connectivity index (χ2n) is 6.85. The largest absolute Gasteiger partial charge is 0.306 e. The van der Waals surface area contributed by atoms with Crippen molar-refractivity contribution in [3.63, 3.8) is 0 Å². The summed E-state index contributed by atoms with van der Waals surface area (Å²) < 4.78 is 13.5. The molecule has 4 rings (SSSR count). The van der Waals surface area contributed by atoms with Crippen LogP contribution in [0.25, 0.3) is 11.1 Å². The Morgan fingerprint density at radius 3 is 2.54 bits per heavy atom. The number of benzene rings is 2. The topological polar surface area (TPSA) is 33.2 Å². The Labute approximate surface area is 152 Å². The fourth-order valence-corrected chi connectivity index (χ4v) is 3.51. The Morgan fingerprint density at radius 2 is 1.81 bits per heavy atom. The van der Waals surface area contributed by atoms with E-state index < -0.39 is 0 Å². The molecule has 0 N–H and O–H groups in total. The molecule has 0 fully saturated rings. The van der Waals surface area contributed by atoms with Crippen LogP contribution in [0.4, 0.5) is 10.1 Å². The van der Waals surface area contributed by atoms with Crippen LogP contribution in [0.2, 0.25) is 0 Å². The Balaban J connectivity index is 1.72. The highest BCUT2D eigenvalue weighted by Crippen LogP contribution is 2.33. The number of fused-ring (bicyclic) bond motifs is 1. The average Bonchev–Trinajstić information content (AvgIpc) is 2.89. The Bertz CT molecular complexity index is 993. The van der Waals surface area contributed by atoms with E-state index in [9.17, 15) is 9.18 Å². The van der Waals surface area contributed by atoms with Gasteiger partial charge in [0.25, 0.3) is 0 Å². The van der Waals surface area contributed by atoms with Gasteiger partial charge in [-0.1, -0.05) is 41.5 Å². The molecule has 0 saturated carbocycles. The predicted octanol–water partition coefficient (Wildman–Crippen LogP) is 4.59. The van der Waals surface area contributed by atoms with Crippen molar-refractivity contribution in [1.82, 2.24) is 4.98 Å². The summed E-state index contributed by atoms with van der Waals surface area (Å²) >= 11 is 0. The summed E-state index contributed by atoms with van der Waals surface area (Å²) in [6.07, 6.45) is 2.11. The molecule has 1 aliphatic rings. The molecule has 2 heterocycles. The van der Waals surface area contributed by atoms with E-state index in [1.807, 2.05) is 18.3 Å². The predicted molar refractivity (Wildman–Crippen MR) is 100 cm³/mol. The van der Waals surface area contributed by atoms with E-state index in [4.69, 9.17) is 0 Å². The summed E-state index contributed by atoms with van der Waals surface area (Å²) in [7, 11) is 0. The van der Waals surface area contributed by atoms with Gasteiger partial charge >= 0.3 is 0 Å². The first-order valence-corrected chi connectivity index (χ1v) is 8.62. The summed E-state index contributed by atoms with van der Waals surface area (Å²) in [5.41, 5.74) is 6.80. The van der Waals surface area contributed by atoms with Crippen LogP contribution in [-0.4, -0.2) is 10.9 Å². The van der Waals surface area contributed by atoms with Gasteiger partial charge in [-0.3, -0.25) is 9.78 Å². The van der Waals surface area contributed by atoms with E-state index in [2.05, 4.69) is 37.0 Å². The lowest BCUT2D eigenvalue weighted by Gasteiger charge is -2.18. The fourth-order valence-electron chi connectivity index (χ4n) is 3.51. The Hall–Kier alpha value is -3.01. The summed E-state index contributed by atoms with van der Waals surface area (Å²) in [6.45, 7) is 4.48. The Morgan fingerprint density at radius 1 is 1.04 bits per heavy atom. The molecule has 0 saturated heterocycles. The van der Waals surface area contributed by atoms with Crippen molar-refractivity contribution >= 4 is 11.6 Å². The average molecular weight is 346 g/mol. The lowest BCUT2D eigenvalue weighted by Crippen LogP contribution is -2.26. The normalized spacial score (nSPS) is 13.2. The van der Waals surface area contributed by atoms with Crippen LogP contribution < -0.4 is 4.90 Å². The number of aromatic nitrogens is 1. The summed E-state index contributed by atoms with van der Waals surface area (Å²) in [5, 5.41) is 0. The minimum Gasteiger partial charge on any atom is -0.306 e. The summed E-state index contributed by atoms with van der Waals surface area (Å²) in [6, 6.07) is 14.7. The van der Waals surface area contributed by atoms with Crippen molar-refractivity contribution in [2.75, 3.05) is 4.90 Å². The molecule has 2 aromatic carbocycles. The van der Waals surface area contributed by atoms with Gasteiger partial charge in [0.05, 0.1) is 24.3 Å². The van der Waals surface area contributed by atoms with Gasteiger partial charge in [0.2, 0.25) is 5.91 Å². The van der Waals surface area contributed by atoms with Crippen LogP contribution >= 0.6 is 0 Å². The van der Waals surface area contributed by atoms with Crippen molar-refractivity contribution in [3.8, 4) is 11.1 Å². The van der Waals surface area contributed by atoms with Gasteiger partial charge in [-0.2, -0.15) is 0 Å². The molecular weight excluding hydrogens is 327 g/mol. The first-order chi connectivity index (χ1) is 12.5. The number of carbonyl (C=O) groups excluding carboxylic acids is 1. The number of hydrogen-bond donors (Lipinski definition) is 0. The van der Waals surface area contributed by atoms with Gasteiger partial charge in [0.1, 0.15) is 5.82 Å². The molecule has 0 radical (unpaired) electrons. The van der Waals surface area contributed by atoms with E-state index in [1.165, 1.54) is 23.3 Å². The van der Waals surface area contributed by atoms with Crippen LogP contribution in [0.3, 0.4) is 0 Å². The number of nitrogens with zero attached hydrogens (tertiary/aromatic N) is 2. The van der Waals surface area contributed by atoms with Crippen molar-refractivity contribution < 1.29 is 9.18 Å². The molecule has 3 aromatic rings. The first kappa shape index (κ1) is 16.5. The molecule has 0 atom stereocenters. The van der Waals surface area contributed by atoms with Crippen LogP contribution in [0.5, 0.6) is 0 Å². The van der Waals surface area contributed by atoms with Crippen LogP contribution in [0.1, 0.15) is 22.4 Å². The van der Waals surface area contributed by atoms with Crippen molar-refractivity contribution in [2.45, 2.75) is 26.8 Å². The van der Waals surface area contributed by atoms with Crippen LogP contribution in [-0.2, 0) is 17.8 Å². The standard InChI is InChI=1S/C22H19FN2O/c1-14-6-15(2)8-17(7-14)18-10-21-20(24-12-18)11-22(26)25(21)13-16-4-3-5-19(23)9-16/h3-10,12H,11,13H2,1-2H3. The number of carbonyl (C=O) groups is 1. The summed E-state index contributed by atoms with van der Waals surface area (Å²) in [4.78, 5) is 18.7. The van der Waals surface area contributed by atoms with E-state index in [0.717, 1.165) is 28.1 Å². The molecule has 0 bridgehead atoms. The number of hydrogen-bond acceptors (Lipinski definition) is 2. The molecule has 1 aliphatic heterocycles. The lowest BCUT2D eigenvalue weighted by molar-refractivity contribution is -0.117. The molecule has 3 nitrogen and oxygen atoms in total. The van der Waals surface area contributed by atoms with Gasteiger partial charge in [-0.15, -0.1) is 0 Å². The van der Waals surface area contributed by atoms with Gasteiger partial charge in [0.15, 0.2) is 0 Å². The molecule has 26 heavy (non-hydrogen) atoms. The van der Waals surface area contributed by atoms with Gasteiger partial charge < -0.3 is 4.90 Å².